The number of nitrogens with zero attached hydrogens (tertiary/aromatic N) is 1. The number of benzene rings is 3. The first-order valence-corrected chi connectivity index (χ1v) is 11.3. The molecule has 0 fully saturated rings. The summed E-state index contributed by atoms with van der Waals surface area (Å²) in [6, 6.07) is 13.6. The van der Waals surface area contributed by atoms with Crippen molar-refractivity contribution in [3.63, 3.8) is 0 Å². The molecule has 11 heteroatoms. The third-order valence-electron chi connectivity index (χ3n) is 4.94. The monoisotopic (exact) mass is 526 g/mol. The summed E-state index contributed by atoms with van der Waals surface area (Å²) in [6.45, 7) is 3.55. The van der Waals surface area contributed by atoms with Gasteiger partial charge in [0.25, 0.3) is 5.91 Å². The molecule has 3 amide bonds. The summed E-state index contributed by atoms with van der Waals surface area (Å²) in [4.78, 5) is 36.2. The van der Waals surface area contributed by atoms with Gasteiger partial charge in [0.15, 0.2) is 18.1 Å². The minimum atomic E-state index is -1.03. The van der Waals surface area contributed by atoms with Crippen molar-refractivity contribution in [2.45, 2.75) is 13.8 Å². The van der Waals surface area contributed by atoms with Crippen LogP contribution in [0, 0.1) is 19.7 Å². The molecule has 3 rings (SSSR count). The lowest BCUT2D eigenvalue weighted by molar-refractivity contribution is -0.136. The zero-order chi connectivity index (χ0) is 26.9. The lowest BCUT2D eigenvalue weighted by atomic mass is 10.1. The van der Waals surface area contributed by atoms with E-state index in [4.69, 9.17) is 21.1 Å². The van der Waals surface area contributed by atoms with Gasteiger partial charge in [0, 0.05) is 11.4 Å². The molecule has 0 atom stereocenters. The van der Waals surface area contributed by atoms with Gasteiger partial charge in [-0.05, 0) is 67.4 Å². The maximum Gasteiger partial charge on any atom is 0.329 e. The normalized spacial score (nSPS) is 10.6. The lowest BCUT2D eigenvalue weighted by Crippen LogP contribution is -2.32. The van der Waals surface area contributed by atoms with E-state index in [1.54, 1.807) is 0 Å². The van der Waals surface area contributed by atoms with E-state index in [-0.39, 0.29) is 34.7 Å². The highest BCUT2D eigenvalue weighted by molar-refractivity contribution is 6.39. The Morgan fingerprint density at radius 2 is 1.73 bits per heavy atom. The molecular formula is C26H24ClFN4O5. The zero-order valence-electron chi connectivity index (χ0n) is 20.2. The lowest BCUT2D eigenvalue weighted by Gasteiger charge is -2.14. The number of nitrogens with one attached hydrogen (secondary N) is 3. The van der Waals surface area contributed by atoms with Crippen LogP contribution in [0.4, 0.5) is 15.8 Å². The number of hydrogen-bond acceptors (Lipinski definition) is 6. The number of rotatable bonds is 8. The number of anilines is 2. The van der Waals surface area contributed by atoms with Gasteiger partial charge in [-0.3, -0.25) is 14.4 Å². The number of carbonyl (C=O) groups excluding carboxylic acids is 3. The molecule has 0 aliphatic heterocycles. The van der Waals surface area contributed by atoms with Crippen LogP contribution in [0.25, 0.3) is 0 Å². The Bertz CT molecular complexity index is 1350. The topological polar surface area (TPSA) is 118 Å². The van der Waals surface area contributed by atoms with Gasteiger partial charge < -0.3 is 20.1 Å². The Hall–Kier alpha value is -4.44. The van der Waals surface area contributed by atoms with Crippen molar-refractivity contribution in [1.82, 2.24) is 5.43 Å². The van der Waals surface area contributed by atoms with Gasteiger partial charge in [0.1, 0.15) is 5.82 Å². The highest BCUT2D eigenvalue weighted by Crippen LogP contribution is 2.36. The Morgan fingerprint density at radius 3 is 2.41 bits per heavy atom. The molecule has 0 bridgehead atoms. The number of amides is 3. The number of ether oxygens (including phenoxy) is 2. The highest BCUT2D eigenvalue weighted by atomic mass is 35.5. The highest BCUT2D eigenvalue weighted by Gasteiger charge is 2.15. The molecule has 0 aromatic heterocycles. The smallest absolute Gasteiger partial charge is 0.329 e. The Kier molecular flexibility index (Phi) is 9.17. The average molecular weight is 527 g/mol. The summed E-state index contributed by atoms with van der Waals surface area (Å²) >= 11 is 6.32. The summed E-state index contributed by atoms with van der Waals surface area (Å²) in [5, 5.41) is 8.97. The molecule has 3 aromatic rings. The van der Waals surface area contributed by atoms with Crippen LogP contribution in [0.5, 0.6) is 11.5 Å². The van der Waals surface area contributed by atoms with E-state index in [0.717, 1.165) is 23.3 Å². The van der Waals surface area contributed by atoms with Crippen LogP contribution in [0.15, 0.2) is 59.7 Å². The number of halogens is 2. The summed E-state index contributed by atoms with van der Waals surface area (Å²) in [5.74, 6) is -2.49. The van der Waals surface area contributed by atoms with Gasteiger partial charge in [0.2, 0.25) is 0 Å². The molecular weight excluding hydrogens is 503 g/mol. The molecule has 0 radical (unpaired) electrons. The maximum absolute atomic E-state index is 12.9. The van der Waals surface area contributed by atoms with E-state index < -0.39 is 17.6 Å². The van der Waals surface area contributed by atoms with Crippen LogP contribution in [0.2, 0.25) is 5.02 Å². The molecule has 0 spiro atoms. The predicted molar refractivity (Wildman–Crippen MR) is 139 cm³/mol. The standard InChI is InChI=1S/C26H24ClFN4O5/c1-15-4-9-21(16(2)10-15)31-23(33)14-37-24-20(27)11-17(12-22(24)36-3)13-29-32-26(35)25(34)30-19-7-5-18(28)6-8-19/h4-13H,14H2,1-3H3,(H,30,34)(H,31,33)(H,32,35)/b29-13-. The van der Waals surface area contributed by atoms with Crippen LogP contribution in [-0.2, 0) is 14.4 Å². The largest absolute Gasteiger partial charge is 0.493 e. The van der Waals surface area contributed by atoms with Gasteiger partial charge in [0.05, 0.1) is 18.3 Å². The van der Waals surface area contributed by atoms with E-state index in [1.807, 2.05) is 32.0 Å². The Morgan fingerprint density at radius 1 is 1.00 bits per heavy atom. The van der Waals surface area contributed by atoms with Crippen LogP contribution in [0.1, 0.15) is 16.7 Å². The van der Waals surface area contributed by atoms with Gasteiger partial charge in [-0.2, -0.15) is 5.10 Å². The van der Waals surface area contributed by atoms with Crippen LogP contribution in [0.3, 0.4) is 0 Å². The summed E-state index contributed by atoms with van der Waals surface area (Å²) < 4.78 is 23.8. The molecule has 9 nitrogen and oxygen atoms in total. The number of methoxy groups -OCH3 is 1. The van der Waals surface area contributed by atoms with Crippen LogP contribution in [-0.4, -0.2) is 37.7 Å². The Labute approximate surface area is 217 Å². The molecule has 0 aliphatic rings. The molecule has 3 N–H and O–H groups in total. The number of carbonyl (C=O) groups is 3. The Balaban J connectivity index is 1.58. The fourth-order valence-electron chi connectivity index (χ4n) is 3.17. The first-order valence-electron chi connectivity index (χ1n) is 10.9. The second-order valence-corrected chi connectivity index (χ2v) is 8.26. The average Bonchev–Trinajstić information content (AvgIpc) is 2.86. The molecule has 0 saturated carbocycles. The van der Waals surface area contributed by atoms with Gasteiger partial charge >= 0.3 is 11.8 Å². The minimum absolute atomic E-state index is 0.139. The van der Waals surface area contributed by atoms with Gasteiger partial charge in [-0.25, -0.2) is 9.82 Å². The first kappa shape index (κ1) is 27.2. The van der Waals surface area contributed by atoms with Gasteiger partial charge in [-0.1, -0.05) is 29.3 Å². The fraction of sp³-hybridized carbons (Fsp3) is 0.154. The molecule has 192 valence electrons. The molecule has 0 heterocycles. The van der Waals surface area contributed by atoms with Crippen molar-refractivity contribution >= 4 is 46.9 Å². The predicted octanol–water partition coefficient (Wildman–Crippen LogP) is 4.21. The summed E-state index contributed by atoms with van der Waals surface area (Å²) in [6.07, 6.45) is 1.24. The quantitative estimate of drug-likeness (QED) is 0.231. The van der Waals surface area contributed by atoms with Crippen molar-refractivity contribution in [2.75, 3.05) is 24.4 Å². The molecule has 0 unspecified atom stereocenters. The van der Waals surface area contributed by atoms with Crippen LogP contribution >= 0.6 is 11.6 Å². The number of aryl methyl sites for hydroxylation is 2. The maximum atomic E-state index is 12.9. The molecule has 3 aromatic carbocycles. The first-order chi connectivity index (χ1) is 17.7. The van der Waals surface area contributed by atoms with Crippen molar-refractivity contribution in [3.05, 3.63) is 82.1 Å². The van der Waals surface area contributed by atoms with Crippen molar-refractivity contribution in [1.29, 1.82) is 0 Å². The van der Waals surface area contributed by atoms with E-state index in [2.05, 4.69) is 21.2 Å². The third-order valence-corrected chi connectivity index (χ3v) is 5.22. The van der Waals surface area contributed by atoms with E-state index >= 15 is 0 Å². The second-order valence-electron chi connectivity index (χ2n) is 7.85. The molecule has 0 aliphatic carbocycles. The van der Waals surface area contributed by atoms with E-state index in [0.29, 0.717) is 11.3 Å². The van der Waals surface area contributed by atoms with Crippen molar-refractivity contribution < 1.29 is 28.2 Å². The molecule has 37 heavy (non-hydrogen) atoms. The van der Waals surface area contributed by atoms with Crippen LogP contribution < -0.4 is 25.5 Å². The van der Waals surface area contributed by atoms with E-state index in [9.17, 15) is 18.8 Å². The molecule has 0 saturated heterocycles. The summed E-state index contributed by atoms with van der Waals surface area (Å²) in [5.41, 5.74) is 5.44. The minimum Gasteiger partial charge on any atom is -0.493 e. The van der Waals surface area contributed by atoms with Crippen molar-refractivity contribution in [2.24, 2.45) is 5.10 Å². The summed E-state index contributed by atoms with van der Waals surface area (Å²) in [7, 11) is 1.40. The second kappa shape index (κ2) is 12.5. The van der Waals surface area contributed by atoms with Crippen molar-refractivity contribution in [3.8, 4) is 11.5 Å². The van der Waals surface area contributed by atoms with Gasteiger partial charge in [-0.15, -0.1) is 0 Å². The SMILES string of the molecule is COc1cc(/C=N\NC(=O)C(=O)Nc2ccc(F)cc2)cc(Cl)c1OCC(=O)Nc1ccc(C)cc1C. The third kappa shape index (κ3) is 7.77. The fourth-order valence-corrected chi connectivity index (χ4v) is 3.44. The zero-order valence-corrected chi connectivity index (χ0v) is 21.0. The number of hydrogen-bond donors (Lipinski definition) is 3. The van der Waals surface area contributed by atoms with E-state index in [1.165, 1.54) is 37.6 Å². The number of hydrazone groups is 1.